The van der Waals surface area contributed by atoms with E-state index >= 15 is 0 Å². The smallest absolute Gasteiger partial charge is 0.230 e. The average molecular weight is 364 g/mol. The number of nitrogens with zero attached hydrogens (tertiary/aromatic N) is 1. The Labute approximate surface area is 149 Å². The maximum absolute atomic E-state index is 12.0. The molecule has 7 heteroatoms. The molecule has 23 heavy (non-hydrogen) atoms. The summed E-state index contributed by atoms with van der Waals surface area (Å²) in [7, 11) is 0. The molecule has 1 amide bonds. The molecule has 0 aliphatic heterocycles. The van der Waals surface area contributed by atoms with Crippen molar-refractivity contribution in [3.8, 4) is 6.07 Å². The van der Waals surface area contributed by atoms with Crippen molar-refractivity contribution in [1.82, 2.24) is 5.32 Å². The first-order chi connectivity index (χ1) is 11.0. The van der Waals surface area contributed by atoms with Crippen LogP contribution in [0.5, 0.6) is 0 Å². The van der Waals surface area contributed by atoms with Gasteiger partial charge in [-0.3, -0.25) is 4.79 Å². The van der Waals surface area contributed by atoms with Gasteiger partial charge in [-0.15, -0.1) is 0 Å². The summed E-state index contributed by atoms with van der Waals surface area (Å²) in [5.41, 5.74) is 1.76. The second-order valence-electron chi connectivity index (χ2n) is 4.57. The molecule has 116 valence electrons. The predicted octanol–water partition coefficient (Wildman–Crippen LogP) is 3.92. The molecule has 0 saturated heterocycles. The molecule has 2 aromatic carbocycles. The Morgan fingerprint density at radius 3 is 2.30 bits per heavy atom. The van der Waals surface area contributed by atoms with Gasteiger partial charge in [-0.25, -0.2) is 0 Å². The van der Waals surface area contributed by atoms with Crippen LogP contribution in [0.3, 0.4) is 0 Å². The third-order valence-electron chi connectivity index (χ3n) is 2.92. The second kappa shape index (κ2) is 7.93. The molecule has 0 fully saturated rings. The van der Waals surface area contributed by atoms with Crippen molar-refractivity contribution >= 4 is 52.1 Å². The Balaban J connectivity index is 1.94. The summed E-state index contributed by atoms with van der Waals surface area (Å²) in [4.78, 5) is 12.0. The van der Waals surface area contributed by atoms with Crippen LogP contribution in [-0.2, 0) is 11.2 Å². The Bertz CT molecular complexity index is 765. The van der Waals surface area contributed by atoms with Crippen molar-refractivity contribution in [3.05, 3.63) is 63.6 Å². The number of hydrogen-bond acceptors (Lipinski definition) is 3. The van der Waals surface area contributed by atoms with Crippen molar-refractivity contribution in [2.75, 3.05) is 5.32 Å². The lowest BCUT2D eigenvalue weighted by Gasteiger charge is -2.11. The molecular formula is C16H11Cl2N3OS. The molecule has 0 aliphatic carbocycles. The van der Waals surface area contributed by atoms with E-state index in [4.69, 9.17) is 40.7 Å². The van der Waals surface area contributed by atoms with Crippen LogP contribution >= 0.6 is 35.4 Å². The summed E-state index contributed by atoms with van der Waals surface area (Å²) < 4.78 is 0. The van der Waals surface area contributed by atoms with Gasteiger partial charge >= 0.3 is 0 Å². The van der Waals surface area contributed by atoms with E-state index < -0.39 is 0 Å². The molecule has 0 unspecified atom stereocenters. The van der Waals surface area contributed by atoms with Gasteiger partial charge in [0.1, 0.15) is 0 Å². The summed E-state index contributed by atoms with van der Waals surface area (Å²) in [5, 5.41) is 15.2. The number of carbonyl (C=O) groups excluding carboxylic acids is 1. The number of rotatable bonds is 3. The van der Waals surface area contributed by atoms with Crippen molar-refractivity contribution in [1.29, 1.82) is 5.26 Å². The molecule has 0 heterocycles. The second-order valence-corrected chi connectivity index (χ2v) is 5.79. The van der Waals surface area contributed by atoms with Gasteiger partial charge in [0.2, 0.25) is 5.91 Å². The number of nitrogens with one attached hydrogen (secondary N) is 2. The highest BCUT2D eigenvalue weighted by atomic mass is 35.5. The number of hydrogen-bond donors (Lipinski definition) is 2. The maximum atomic E-state index is 12.0. The lowest BCUT2D eigenvalue weighted by atomic mass is 10.1. The SMILES string of the molecule is N#Cc1ccc(NC(=S)NC(=O)Cc2c(Cl)cccc2Cl)cc1. The highest BCUT2D eigenvalue weighted by Crippen LogP contribution is 2.24. The van der Waals surface area contributed by atoms with Crippen LogP contribution in [0.25, 0.3) is 0 Å². The molecule has 4 nitrogen and oxygen atoms in total. The number of amides is 1. The van der Waals surface area contributed by atoms with Crippen LogP contribution in [0, 0.1) is 11.3 Å². The molecular weight excluding hydrogens is 353 g/mol. The van der Waals surface area contributed by atoms with Crippen LogP contribution in [0.2, 0.25) is 10.0 Å². The Morgan fingerprint density at radius 1 is 1.13 bits per heavy atom. The van der Waals surface area contributed by atoms with Crippen molar-refractivity contribution in [2.24, 2.45) is 0 Å². The first-order valence-corrected chi connectivity index (χ1v) is 7.70. The Morgan fingerprint density at radius 2 is 1.74 bits per heavy atom. The zero-order chi connectivity index (χ0) is 16.8. The van der Waals surface area contributed by atoms with Crippen molar-refractivity contribution in [3.63, 3.8) is 0 Å². The average Bonchev–Trinajstić information content (AvgIpc) is 2.51. The van der Waals surface area contributed by atoms with Crippen molar-refractivity contribution < 1.29 is 4.79 Å². The van der Waals surface area contributed by atoms with E-state index in [0.29, 0.717) is 26.9 Å². The van der Waals surface area contributed by atoms with Crippen LogP contribution in [0.1, 0.15) is 11.1 Å². The summed E-state index contributed by atoms with van der Waals surface area (Å²) in [6.07, 6.45) is 0.0215. The van der Waals surface area contributed by atoms with Gasteiger partial charge in [-0.05, 0) is 54.2 Å². The summed E-state index contributed by atoms with van der Waals surface area (Å²) >= 11 is 17.1. The maximum Gasteiger partial charge on any atom is 0.230 e. The van der Waals surface area contributed by atoms with Gasteiger partial charge in [0.15, 0.2) is 5.11 Å². The number of halogens is 2. The van der Waals surface area contributed by atoms with E-state index in [-0.39, 0.29) is 17.4 Å². The Hall–Kier alpha value is -2.13. The molecule has 0 saturated carbocycles. The fourth-order valence-corrected chi connectivity index (χ4v) is 2.59. The number of carbonyl (C=O) groups is 1. The number of nitriles is 1. The van der Waals surface area contributed by atoms with Gasteiger partial charge in [0, 0.05) is 15.7 Å². The van der Waals surface area contributed by atoms with Gasteiger partial charge in [-0.1, -0.05) is 29.3 Å². The van der Waals surface area contributed by atoms with Crippen LogP contribution in [0.15, 0.2) is 42.5 Å². The van der Waals surface area contributed by atoms with Gasteiger partial charge in [0.05, 0.1) is 18.1 Å². The quantitative estimate of drug-likeness (QED) is 0.811. The minimum absolute atomic E-state index is 0.0215. The molecule has 2 N–H and O–H groups in total. The first kappa shape index (κ1) is 17.2. The van der Waals surface area contributed by atoms with E-state index in [0.717, 1.165) is 0 Å². The highest BCUT2D eigenvalue weighted by Gasteiger charge is 2.12. The number of thiocarbonyl (C=S) groups is 1. The number of anilines is 1. The van der Waals surface area contributed by atoms with E-state index in [9.17, 15) is 4.79 Å². The largest absolute Gasteiger partial charge is 0.332 e. The topological polar surface area (TPSA) is 64.9 Å². The fourth-order valence-electron chi connectivity index (χ4n) is 1.82. The molecule has 2 rings (SSSR count). The lowest BCUT2D eigenvalue weighted by molar-refractivity contribution is -0.119. The first-order valence-electron chi connectivity index (χ1n) is 6.53. The minimum atomic E-state index is -0.328. The van der Waals surface area contributed by atoms with Crippen LogP contribution in [-0.4, -0.2) is 11.0 Å². The highest BCUT2D eigenvalue weighted by molar-refractivity contribution is 7.80. The summed E-state index contributed by atoms with van der Waals surface area (Å²) in [6.45, 7) is 0. The summed E-state index contributed by atoms with van der Waals surface area (Å²) in [6, 6.07) is 13.8. The van der Waals surface area contributed by atoms with E-state index in [1.54, 1.807) is 42.5 Å². The van der Waals surface area contributed by atoms with Crippen LogP contribution in [0.4, 0.5) is 5.69 Å². The zero-order valence-corrected chi connectivity index (χ0v) is 14.1. The molecule has 0 radical (unpaired) electrons. The third-order valence-corrected chi connectivity index (χ3v) is 3.84. The molecule has 0 atom stereocenters. The normalized spacial score (nSPS) is 9.78. The third kappa shape index (κ3) is 4.93. The van der Waals surface area contributed by atoms with Gasteiger partial charge < -0.3 is 10.6 Å². The van der Waals surface area contributed by atoms with Crippen molar-refractivity contribution in [2.45, 2.75) is 6.42 Å². The number of benzene rings is 2. The van der Waals surface area contributed by atoms with E-state index in [1.165, 1.54) is 0 Å². The van der Waals surface area contributed by atoms with Crippen LogP contribution < -0.4 is 10.6 Å². The molecule has 2 aromatic rings. The van der Waals surface area contributed by atoms with Gasteiger partial charge in [-0.2, -0.15) is 5.26 Å². The molecule has 0 aromatic heterocycles. The zero-order valence-electron chi connectivity index (χ0n) is 11.8. The fraction of sp³-hybridized carbons (Fsp3) is 0.0625. The predicted molar refractivity (Wildman–Crippen MR) is 95.7 cm³/mol. The standard InChI is InChI=1S/C16H11Cl2N3OS/c17-13-2-1-3-14(18)12(13)8-15(22)21-16(23)20-11-6-4-10(9-19)5-7-11/h1-7H,8H2,(H2,20,21,22,23). The molecule has 0 aliphatic rings. The Kier molecular flexibility index (Phi) is 5.94. The minimum Gasteiger partial charge on any atom is -0.332 e. The molecule has 0 bridgehead atoms. The lowest BCUT2D eigenvalue weighted by Crippen LogP contribution is -2.35. The summed E-state index contributed by atoms with van der Waals surface area (Å²) in [5.74, 6) is -0.328. The van der Waals surface area contributed by atoms with E-state index in [2.05, 4.69) is 10.6 Å². The van der Waals surface area contributed by atoms with E-state index in [1.807, 2.05) is 6.07 Å². The molecule has 0 spiro atoms. The monoisotopic (exact) mass is 363 g/mol. The van der Waals surface area contributed by atoms with Gasteiger partial charge in [0.25, 0.3) is 0 Å².